The summed E-state index contributed by atoms with van der Waals surface area (Å²) < 4.78 is 1.91. The number of nitrogens with one attached hydrogen (secondary N) is 1. The molecule has 1 aliphatic rings. The van der Waals surface area contributed by atoms with Crippen LogP contribution in [0.1, 0.15) is 25.7 Å². The first kappa shape index (κ1) is 12.9. The molecule has 0 bridgehead atoms. The molecule has 0 saturated carbocycles. The van der Waals surface area contributed by atoms with Crippen LogP contribution in [-0.4, -0.2) is 44.8 Å². The highest BCUT2D eigenvalue weighted by Gasteiger charge is 2.31. The number of aliphatic hydroxyl groups is 1. The molecule has 2 heterocycles. The number of hydrogen-bond acceptors (Lipinski definition) is 3. The van der Waals surface area contributed by atoms with Gasteiger partial charge in [0.1, 0.15) is 5.82 Å². The normalized spacial score (nSPS) is 17.7. The first-order chi connectivity index (χ1) is 8.49. The quantitative estimate of drug-likeness (QED) is 0.823. The highest BCUT2D eigenvalue weighted by Crippen LogP contribution is 2.20. The Morgan fingerprint density at radius 1 is 1.56 bits per heavy atom. The summed E-state index contributed by atoms with van der Waals surface area (Å²) in [6.07, 6.45) is 3.22. The predicted molar refractivity (Wildman–Crippen MR) is 66.9 cm³/mol. The fourth-order valence-corrected chi connectivity index (χ4v) is 2.05. The molecular weight excluding hydrogens is 232 g/mol. The number of carbonyl (C=O) groups excluding carboxylic acids is 1. The number of nitrogens with zero attached hydrogens (tertiary/aromatic N) is 3. The van der Waals surface area contributed by atoms with E-state index in [1.165, 1.54) is 0 Å². The van der Waals surface area contributed by atoms with Gasteiger partial charge < -0.3 is 19.9 Å². The molecule has 0 radical (unpaired) electrons. The SMILES string of the molecule is CC(C)C(NC(=O)N1CC(O)C1)c1nccn1C. The summed E-state index contributed by atoms with van der Waals surface area (Å²) in [5, 5.41) is 12.2. The number of hydrogen-bond donors (Lipinski definition) is 2. The van der Waals surface area contributed by atoms with Crippen molar-refractivity contribution in [3.05, 3.63) is 18.2 Å². The Bertz CT molecular complexity index is 423. The molecule has 0 aliphatic carbocycles. The lowest BCUT2D eigenvalue weighted by molar-refractivity contribution is 0.0251. The molecule has 1 unspecified atom stereocenters. The Morgan fingerprint density at radius 2 is 2.22 bits per heavy atom. The van der Waals surface area contributed by atoms with E-state index in [1.54, 1.807) is 11.1 Å². The van der Waals surface area contributed by atoms with E-state index < -0.39 is 0 Å². The second kappa shape index (κ2) is 4.97. The van der Waals surface area contributed by atoms with E-state index in [-0.39, 0.29) is 24.1 Å². The van der Waals surface area contributed by atoms with Crippen molar-refractivity contribution >= 4 is 6.03 Å². The monoisotopic (exact) mass is 252 g/mol. The molecule has 18 heavy (non-hydrogen) atoms. The van der Waals surface area contributed by atoms with Crippen LogP contribution in [0.3, 0.4) is 0 Å². The zero-order valence-electron chi connectivity index (χ0n) is 11.0. The molecular formula is C12H20N4O2. The summed E-state index contributed by atoms with van der Waals surface area (Å²) in [6.45, 7) is 4.92. The molecule has 1 aromatic heterocycles. The molecule has 0 aromatic carbocycles. The number of aryl methyl sites for hydroxylation is 1. The van der Waals surface area contributed by atoms with Gasteiger partial charge in [-0.15, -0.1) is 0 Å². The first-order valence-corrected chi connectivity index (χ1v) is 6.19. The minimum Gasteiger partial charge on any atom is -0.389 e. The summed E-state index contributed by atoms with van der Waals surface area (Å²) >= 11 is 0. The van der Waals surface area contributed by atoms with Crippen molar-refractivity contribution in [3.8, 4) is 0 Å². The maximum Gasteiger partial charge on any atom is 0.318 e. The van der Waals surface area contributed by atoms with Gasteiger partial charge in [-0.2, -0.15) is 0 Å². The molecule has 1 aliphatic heterocycles. The number of aromatic nitrogens is 2. The summed E-state index contributed by atoms with van der Waals surface area (Å²) in [5.74, 6) is 1.10. The lowest BCUT2D eigenvalue weighted by Gasteiger charge is -2.37. The Morgan fingerprint density at radius 3 is 2.67 bits per heavy atom. The molecule has 1 fully saturated rings. The summed E-state index contributed by atoms with van der Waals surface area (Å²) in [5.41, 5.74) is 0. The van der Waals surface area contributed by atoms with Gasteiger partial charge >= 0.3 is 6.03 Å². The fourth-order valence-electron chi connectivity index (χ4n) is 2.05. The van der Waals surface area contributed by atoms with Crippen LogP contribution in [0.15, 0.2) is 12.4 Å². The third-order valence-electron chi connectivity index (χ3n) is 3.23. The molecule has 6 nitrogen and oxygen atoms in total. The van der Waals surface area contributed by atoms with Crippen molar-refractivity contribution in [2.24, 2.45) is 13.0 Å². The predicted octanol–water partition coefficient (Wildman–Crippen LogP) is 0.503. The number of aliphatic hydroxyl groups excluding tert-OH is 1. The number of urea groups is 1. The Kier molecular flexibility index (Phi) is 3.56. The van der Waals surface area contributed by atoms with E-state index in [1.807, 2.05) is 31.7 Å². The zero-order chi connectivity index (χ0) is 13.3. The van der Waals surface area contributed by atoms with E-state index in [4.69, 9.17) is 0 Å². The Balaban J connectivity index is 2.03. The molecule has 0 spiro atoms. The second-order valence-electron chi connectivity index (χ2n) is 5.13. The average Bonchev–Trinajstić information content (AvgIpc) is 2.67. The van der Waals surface area contributed by atoms with Gasteiger partial charge in [0, 0.05) is 19.4 Å². The number of carbonyl (C=O) groups is 1. The van der Waals surface area contributed by atoms with Gasteiger partial charge in [-0.3, -0.25) is 0 Å². The number of likely N-dealkylation sites (tertiary alicyclic amines) is 1. The average molecular weight is 252 g/mol. The van der Waals surface area contributed by atoms with Crippen molar-refractivity contribution in [2.75, 3.05) is 13.1 Å². The lowest BCUT2D eigenvalue weighted by Crippen LogP contribution is -2.57. The molecule has 100 valence electrons. The van der Waals surface area contributed by atoms with E-state index >= 15 is 0 Å². The van der Waals surface area contributed by atoms with Gasteiger partial charge in [0.25, 0.3) is 0 Å². The van der Waals surface area contributed by atoms with E-state index in [2.05, 4.69) is 10.3 Å². The molecule has 1 saturated heterocycles. The number of amides is 2. The molecule has 1 aromatic rings. The number of imidazole rings is 1. The number of β-amino-alcohol motifs (C(OH)–C–C–N with tert-alkyl or cyclic N) is 1. The van der Waals surface area contributed by atoms with E-state index in [9.17, 15) is 9.90 Å². The topological polar surface area (TPSA) is 70.4 Å². The number of rotatable bonds is 3. The van der Waals surface area contributed by atoms with Gasteiger partial charge in [0.2, 0.25) is 0 Å². The molecule has 1 atom stereocenters. The van der Waals surface area contributed by atoms with Crippen LogP contribution < -0.4 is 5.32 Å². The molecule has 2 N–H and O–H groups in total. The van der Waals surface area contributed by atoms with Gasteiger partial charge in [0.15, 0.2) is 0 Å². The van der Waals surface area contributed by atoms with Crippen molar-refractivity contribution in [1.82, 2.24) is 19.8 Å². The van der Waals surface area contributed by atoms with Gasteiger partial charge in [-0.1, -0.05) is 13.8 Å². The third kappa shape index (κ3) is 2.48. The maximum atomic E-state index is 12.0. The van der Waals surface area contributed by atoms with Crippen LogP contribution in [0.4, 0.5) is 4.79 Å². The van der Waals surface area contributed by atoms with Crippen LogP contribution in [0.25, 0.3) is 0 Å². The Hall–Kier alpha value is -1.56. The molecule has 2 rings (SSSR count). The summed E-state index contributed by atoms with van der Waals surface area (Å²) in [7, 11) is 1.91. The smallest absolute Gasteiger partial charge is 0.318 e. The van der Waals surface area contributed by atoms with Crippen LogP contribution in [0, 0.1) is 5.92 Å². The summed E-state index contributed by atoms with van der Waals surface area (Å²) in [6, 6.07) is -0.253. The Labute approximate surface area is 107 Å². The van der Waals surface area contributed by atoms with Gasteiger partial charge in [-0.25, -0.2) is 9.78 Å². The first-order valence-electron chi connectivity index (χ1n) is 6.19. The second-order valence-corrected chi connectivity index (χ2v) is 5.13. The highest BCUT2D eigenvalue weighted by molar-refractivity contribution is 5.75. The fraction of sp³-hybridized carbons (Fsp3) is 0.667. The van der Waals surface area contributed by atoms with Crippen LogP contribution in [0.5, 0.6) is 0 Å². The van der Waals surface area contributed by atoms with Crippen molar-refractivity contribution in [1.29, 1.82) is 0 Å². The highest BCUT2D eigenvalue weighted by atomic mass is 16.3. The standard InChI is InChI=1S/C12H20N4O2/c1-8(2)10(11-13-4-5-15(11)3)14-12(18)16-6-9(17)7-16/h4-5,8-10,17H,6-7H2,1-3H3,(H,14,18). The molecule has 2 amide bonds. The van der Waals surface area contributed by atoms with Crippen LogP contribution in [0.2, 0.25) is 0 Å². The maximum absolute atomic E-state index is 12.0. The van der Waals surface area contributed by atoms with Gasteiger partial charge in [0.05, 0.1) is 25.2 Å². The third-order valence-corrected chi connectivity index (χ3v) is 3.23. The zero-order valence-corrected chi connectivity index (χ0v) is 11.0. The summed E-state index contributed by atoms with van der Waals surface area (Å²) in [4.78, 5) is 17.8. The van der Waals surface area contributed by atoms with Crippen molar-refractivity contribution in [2.45, 2.75) is 26.0 Å². The minimum absolute atomic E-state index is 0.116. The lowest BCUT2D eigenvalue weighted by atomic mass is 10.0. The van der Waals surface area contributed by atoms with E-state index in [0.717, 1.165) is 5.82 Å². The van der Waals surface area contributed by atoms with Crippen molar-refractivity contribution in [3.63, 3.8) is 0 Å². The van der Waals surface area contributed by atoms with Crippen LogP contribution in [-0.2, 0) is 7.05 Å². The molecule has 6 heteroatoms. The minimum atomic E-state index is -0.374. The largest absolute Gasteiger partial charge is 0.389 e. The van der Waals surface area contributed by atoms with E-state index in [0.29, 0.717) is 13.1 Å². The van der Waals surface area contributed by atoms with Gasteiger partial charge in [-0.05, 0) is 5.92 Å². The van der Waals surface area contributed by atoms with Crippen molar-refractivity contribution < 1.29 is 9.90 Å². The van der Waals surface area contributed by atoms with Crippen LogP contribution >= 0.6 is 0 Å².